The maximum atomic E-state index is 13.1. The van der Waals surface area contributed by atoms with Gasteiger partial charge in [0.1, 0.15) is 0 Å². The molecule has 0 aromatic heterocycles. The maximum Gasteiger partial charge on any atom is 0.237 e. The normalized spacial score (nSPS) is 30.2. The SMILES string of the molecule is CC1(C)CC2CC(C)(CN2C(=O)CN2CCN(C/C=C/c3ccccc3)CC2)C1. The van der Waals surface area contributed by atoms with Crippen molar-refractivity contribution in [2.45, 2.75) is 46.1 Å². The van der Waals surface area contributed by atoms with Crippen molar-refractivity contribution >= 4 is 12.0 Å². The lowest BCUT2D eigenvalue weighted by molar-refractivity contribution is -0.134. The first kappa shape index (κ1) is 20.6. The first-order valence-corrected chi connectivity index (χ1v) is 11.3. The molecule has 1 aromatic carbocycles. The number of piperazine rings is 1. The van der Waals surface area contributed by atoms with Gasteiger partial charge in [0.2, 0.25) is 5.91 Å². The van der Waals surface area contributed by atoms with Crippen molar-refractivity contribution < 1.29 is 4.79 Å². The molecule has 3 fully saturated rings. The van der Waals surface area contributed by atoms with E-state index in [2.05, 4.69) is 71.9 Å². The molecule has 0 N–H and O–H groups in total. The molecule has 2 saturated heterocycles. The van der Waals surface area contributed by atoms with Gasteiger partial charge in [0.25, 0.3) is 0 Å². The number of rotatable bonds is 5. The molecule has 4 nitrogen and oxygen atoms in total. The van der Waals surface area contributed by atoms with E-state index in [0.717, 1.165) is 45.7 Å². The summed E-state index contributed by atoms with van der Waals surface area (Å²) in [4.78, 5) is 20.1. The number of amides is 1. The van der Waals surface area contributed by atoms with Crippen LogP contribution in [0.5, 0.6) is 0 Å². The third-order valence-electron chi connectivity index (χ3n) is 7.03. The van der Waals surface area contributed by atoms with Crippen LogP contribution in [0, 0.1) is 10.8 Å². The first-order chi connectivity index (χ1) is 13.8. The second-order valence-electron chi connectivity index (χ2n) is 10.6. The zero-order chi connectivity index (χ0) is 20.5. The second kappa shape index (κ2) is 8.23. The van der Waals surface area contributed by atoms with Crippen LogP contribution < -0.4 is 0 Å². The Kier molecular flexibility index (Phi) is 5.85. The summed E-state index contributed by atoms with van der Waals surface area (Å²) in [5.74, 6) is 0.355. The molecule has 0 radical (unpaired) electrons. The lowest BCUT2D eigenvalue weighted by Crippen LogP contribution is -2.50. The molecule has 2 atom stereocenters. The minimum absolute atomic E-state index is 0.325. The Morgan fingerprint density at radius 3 is 2.45 bits per heavy atom. The lowest BCUT2D eigenvalue weighted by Gasteiger charge is -2.39. The number of carbonyl (C=O) groups excluding carboxylic acids is 1. The van der Waals surface area contributed by atoms with Gasteiger partial charge in [0.15, 0.2) is 0 Å². The number of fused-ring (bicyclic) bond motifs is 2. The van der Waals surface area contributed by atoms with Crippen LogP contribution in [0.1, 0.15) is 45.6 Å². The molecule has 2 aliphatic heterocycles. The van der Waals surface area contributed by atoms with Crippen LogP contribution in [0.25, 0.3) is 6.08 Å². The van der Waals surface area contributed by atoms with Gasteiger partial charge in [0.05, 0.1) is 6.54 Å². The Morgan fingerprint density at radius 2 is 1.72 bits per heavy atom. The second-order valence-corrected chi connectivity index (χ2v) is 10.6. The summed E-state index contributed by atoms with van der Waals surface area (Å²) in [6, 6.07) is 10.9. The Labute approximate surface area is 176 Å². The molecule has 4 rings (SSSR count). The van der Waals surface area contributed by atoms with Gasteiger partial charge < -0.3 is 4.90 Å². The largest absolute Gasteiger partial charge is 0.338 e. The van der Waals surface area contributed by atoms with Crippen molar-refractivity contribution in [2.75, 3.05) is 45.8 Å². The molecule has 2 heterocycles. The van der Waals surface area contributed by atoms with E-state index in [0.29, 0.717) is 29.3 Å². The van der Waals surface area contributed by atoms with E-state index in [1.807, 2.05) is 6.07 Å². The van der Waals surface area contributed by atoms with Crippen molar-refractivity contribution in [1.29, 1.82) is 0 Å². The molecule has 4 heteroatoms. The highest BCUT2D eigenvalue weighted by Crippen LogP contribution is 2.52. The molecule has 158 valence electrons. The predicted octanol–water partition coefficient (Wildman–Crippen LogP) is 3.74. The molecule has 1 amide bonds. The van der Waals surface area contributed by atoms with E-state index in [1.54, 1.807) is 0 Å². The van der Waals surface area contributed by atoms with Crippen LogP contribution in [0.3, 0.4) is 0 Å². The van der Waals surface area contributed by atoms with E-state index in [1.165, 1.54) is 18.4 Å². The monoisotopic (exact) mass is 395 g/mol. The van der Waals surface area contributed by atoms with Gasteiger partial charge in [-0.15, -0.1) is 0 Å². The summed E-state index contributed by atoms with van der Waals surface area (Å²) >= 11 is 0. The molecule has 2 bridgehead atoms. The molecule has 1 saturated carbocycles. The van der Waals surface area contributed by atoms with Crippen LogP contribution in [0.4, 0.5) is 0 Å². The van der Waals surface area contributed by atoms with E-state index < -0.39 is 0 Å². The summed E-state index contributed by atoms with van der Waals surface area (Å²) in [6.45, 7) is 13.7. The van der Waals surface area contributed by atoms with Crippen molar-refractivity contribution in [1.82, 2.24) is 14.7 Å². The van der Waals surface area contributed by atoms with Gasteiger partial charge in [-0.05, 0) is 35.7 Å². The summed E-state index contributed by atoms with van der Waals surface area (Å²) < 4.78 is 0. The topological polar surface area (TPSA) is 26.8 Å². The van der Waals surface area contributed by atoms with Crippen LogP contribution in [-0.4, -0.2) is 72.5 Å². The molecular weight excluding hydrogens is 358 g/mol. The van der Waals surface area contributed by atoms with Crippen molar-refractivity contribution in [2.24, 2.45) is 10.8 Å². The van der Waals surface area contributed by atoms with Crippen LogP contribution in [0.2, 0.25) is 0 Å². The highest BCUT2D eigenvalue weighted by atomic mass is 16.2. The minimum atomic E-state index is 0.325. The fourth-order valence-corrected chi connectivity index (χ4v) is 6.07. The first-order valence-electron chi connectivity index (χ1n) is 11.3. The quantitative estimate of drug-likeness (QED) is 0.760. The Bertz CT molecular complexity index is 736. The van der Waals surface area contributed by atoms with E-state index in [9.17, 15) is 4.79 Å². The van der Waals surface area contributed by atoms with Gasteiger partial charge in [-0.3, -0.25) is 14.6 Å². The maximum absolute atomic E-state index is 13.1. The molecule has 2 unspecified atom stereocenters. The Balaban J connectivity index is 1.23. The minimum Gasteiger partial charge on any atom is -0.338 e. The van der Waals surface area contributed by atoms with E-state index >= 15 is 0 Å². The van der Waals surface area contributed by atoms with Gasteiger partial charge in [-0.2, -0.15) is 0 Å². The lowest BCUT2D eigenvalue weighted by atomic mass is 9.65. The van der Waals surface area contributed by atoms with Crippen molar-refractivity contribution in [3.05, 3.63) is 42.0 Å². The Morgan fingerprint density at radius 1 is 1.03 bits per heavy atom. The summed E-state index contributed by atoms with van der Waals surface area (Å²) in [6.07, 6.45) is 8.06. The van der Waals surface area contributed by atoms with Gasteiger partial charge >= 0.3 is 0 Å². The average Bonchev–Trinajstić information content (AvgIpc) is 2.93. The average molecular weight is 396 g/mol. The molecule has 1 aromatic rings. The molecule has 1 aliphatic carbocycles. The van der Waals surface area contributed by atoms with Gasteiger partial charge in [-0.1, -0.05) is 63.3 Å². The van der Waals surface area contributed by atoms with Crippen molar-refractivity contribution in [3.63, 3.8) is 0 Å². The summed E-state index contributed by atoms with van der Waals surface area (Å²) in [5.41, 5.74) is 1.95. The highest BCUT2D eigenvalue weighted by molar-refractivity contribution is 5.79. The summed E-state index contributed by atoms with van der Waals surface area (Å²) in [5, 5.41) is 0. The number of carbonyl (C=O) groups is 1. The molecule has 0 spiro atoms. The molecule has 29 heavy (non-hydrogen) atoms. The number of hydrogen-bond donors (Lipinski definition) is 0. The third-order valence-corrected chi connectivity index (χ3v) is 7.03. The zero-order valence-electron chi connectivity index (χ0n) is 18.4. The van der Waals surface area contributed by atoms with Crippen LogP contribution in [-0.2, 0) is 4.79 Å². The smallest absolute Gasteiger partial charge is 0.237 e. The molecule has 3 aliphatic rings. The van der Waals surface area contributed by atoms with Crippen LogP contribution in [0.15, 0.2) is 36.4 Å². The third kappa shape index (κ3) is 5.10. The highest BCUT2D eigenvalue weighted by Gasteiger charge is 2.50. The summed E-state index contributed by atoms with van der Waals surface area (Å²) in [7, 11) is 0. The zero-order valence-corrected chi connectivity index (χ0v) is 18.4. The van der Waals surface area contributed by atoms with Gasteiger partial charge in [-0.25, -0.2) is 0 Å². The van der Waals surface area contributed by atoms with Crippen molar-refractivity contribution in [3.8, 4) is 0 Å². The number of hydrogen-bond acceptors (Lipinski definition) is 3. The number of benzene rings is 1. The van der Waals surface area contributed by atoms with Gasteiger partial charge in [0, 0.05) is 45.3 Å². The standard InChI is InChI=1S/C25H37N3O/c1-24(2)16-22-17-25(3,19-24)20-28(22)23(29)18-27-14-12-26(13-15-27)11-7-10-21-8-5-4-6-9-21/h4-10,22H,11-20H2,1-3H3/b10-7+. The predicted molar refractivity (Wildman–Crippen MR) is 120 cm³/mol. The fourth-order valence-electron chi connectivity index (χ4n) is 6.07. The molecular formula is C25H37N3O. The van der Waals surface area contributed by atoms with E-state index in [4.69, 9.17) is 0 Å². The van der Waals surface area contributed by atoms with Crippen LogP contribution >= 0.6 is 0 Å². The Hall–Kier alpha value is -1.65. The van der Waals surface area contributed by atoms with E-state index in [-0.39, 0.29) is 0 Å². The number of nitrogens with zero attached hydrogens (tertiary/aromatic N) is 3. The fraction of sp³-hybridized carbons (Fsp3) is 0.640. The number of likely N-dealkylation sites (tertiary alicyclic amines) is 1.